The van der Waals surface area contributed by atoms with E-state index < -0.39 is 0 Å². The van der Waals surface area contributed by atoms with Gasteiger partial charge < -0.3 is 19.4 Å². The molecule has 146 valence electrons. The number of nitrogens with zero attached hydrogens (tertiary/aromatic N) is 2. The molecular weight excluding hydrogens is 342 g/mol. The Morgan fingerprint density at radius 3 is 2.41 bits per heavy atom. The molecule has 1 N–H and O–H groups in total. The average Bonchev–Trinajstić information content (AvgIpc) is 3.12. The van der Waals surface area contributed by atoms with Gasteiger partial charge in [0.25, 0.3) is 0 Å². The Bertz CT molecular complexity index is 744. The van der Waals surface area contributed by atoms with Crippen LogP contribution in [0.2, 0.25) is 0 Å². The minimum Gasteiger partial charge on any atom is -0.497 e. The van der Waals surface area contributed by atoms with E-state index in [9.17, 15) is 4.79 Å². The largest absolute Gasteiger partial charge is 0.497 e. The molecular formula is C21H29N3O3. The molecule has 0 saturated heterocycles. The van der Waals surface area contributed by atoms with E-state index in [2.05, 4.69) is 10.3 Å². The second-order valence-corrected chi connectivity index (χ2v) is 7.25. The molecule has 0 bridgehead atoms. The maximum atomic E-state index is 12.8. The van der Waals surface area contributed by atoms with Gasteiger partial charge in [0.2, 0.25) is 5.91 Å². The Balaban J connectivity index is 1.85. The summed E-state index contributed by atoms with van der Waals surface area (Å²) in [6, 6.07) is 5.30. The zero-order chi connectivity index (χ0) is 19.2. The third-order valence-corrected chi connectivity index (χ3v) is 5.33. The summed E-state index contributed by atoms with van der Waals surface area (Å²) in [6.07, 6.45) is 10.2. The number of amides is 1. The molecule has 1 aliphatic rings. The van der Waals surface area contributed by atoms with Crippen LogP contribution in [0.15, 0.2) is 30.6 Å². The zero-order valence-electron chi connectivity index (χ0n) is 16.4. The van der Waals surface area contributed by atoms with E-state index in [1.54, 1.807) is 20.4 Å². The van der Waals surface area contributed by atoms with Crippen molar-refractivity contribution in [3.05, 3.63) is 42.0 Å². The summed E-state index contributed by atoms with van der Waals surface area (Å²) in [7, 11) is 5.17. The first kappa shape index (κ1) is 19.3. The number of ether oxygens (including phenoxy) is 2. The molecule has 3 rings (SSSR count). The SMILES string of the molecule is COc1cc(OC)cc(C(NC(=O)CC2CCCCC2)c2nccn2C)c1. The van der Waals surface area contributed by atoms with Crippen LogP contribution in [0.4, 0.5) is 0 Å². The van der Waals surface area contributed by atoms with Crippen molar-refractivity contribution in [1.29, 1.82) is 0 Å². The summed E-state index contributed by atoms with van der Waals surface area (Å²) >= 11 is 0. The van der Waals surface area contributed by atoms with Gasteiger partial charge in [-0.25, -0.2) is 4.98 Å². The summed E-state index contributed by atoms with van der Waals surface area (Å²) in [5.41, 5.74) is 0.887. The first-order valence-electron chi connectivity index (χ1n) is 9.60. The quantitative estimate of drug-likeness (QED) is 0.807. The minimum absolute atomic E-state index is 0.0664. The van der Waals surface area contributed by atoms with E-state index >= 15 is 0 Å². The molecule has 1 atom stereocenters. The monoisotopic (exact) mass is 371 g/mol. The molecule has 1 aliphatic carbocycles. The summed E-state index contributed by atoms with van der Waals surface area (Å²) in [5, 5.41) is 3.19. The second-order valence-electron chi connectivity index (χ2n) is 7.25. The van der Waals surface area contributed by atoms with Gasteiger partial charge in [-0.3, -0.25) is 4.79 Å². The smallest absolute Gasteiger partial charge is 0.221 e. The fraction of sp³-hybridized carbons (Fsp3) is 0.524. The molecule has 1 aromatic heterocycles. The Morgan fingerprint density at radius 2 is 1.85 bits per heavy atom. The van der Waals surface area contributed by atoms with Crippen LogP contribution in [-0.4, -0.2) is 29.7 Å². The molecule has 0 aliphatic heterocycles. The van der Waals surface area contributed by atoms with Gasteiger partial charge in [-0.15, -0.1) is 0 Å². The predicted octanol–water partition coefficient (Wildman–Crippen LogP) is 3.61. The van der Waals surface area contributed by atoms with Crippen LogP contribution in [0, 0.1) is 5.92 Å². The third kappa shape index (κ3) is 4.81. The fourth-order valence-electron chi connectivity index (χ4n) is 3.82. The number of carbonyl (C=O) groups excluding carboxylic acids is 1. The minimum atomic E-state index is -0.356. The van der Waals surface area contributed by atoms with Crippen LogP contribution in [-0.2, 0) is 11.8 Å². The number of nitrogens with one attached hydrogen (secondary N) is 1. The lowest BCUT2D eigenvalue weighted by molar-refractivity contribution is -0.122. The van der Waals surface area contributed by atoms with Crippen molar-refractivity contribution < 1.29 is 14.3 Å². The molecule has 1 fully saturated rings. The van der Waals surface area contributed by atoms with Crippen molar-refractivity contribution in [3.63, 3.8) is 0 Å². The van der Waals surface area contributed by atoms with Gasteiger partial charge in [0, 0.05) is 31.9 Å². The number of rotatable bonds is 7. The maximum absolute atomic E-state index is 12.8. The van der Waals surface area contributed by atoms with Crippen LogP contribution in [0.25, 0.3) is 0 Å². The molecule has 1 saturated carbocycles. The van der Waals surface area contributed by atoms with Crippen LogP contribution in [0.5, 0.6) is 11.5 Å². The lowest BCUT2D eigenvalue weighted by Crippen LogP contribution is -2.32. The molecule has 1 heterocycles. The van der Waals surface area contributed by atoms with Crippen LogP contribution >= 0.6 is 0 Å². The number of benzene rings is 1. The van der Waals surface area contributed by atoms with E-state index in [1.807, 2.05) is 36.0 Å². The number of aryl methyl sites for hydroxylation is 1. The molecule has 1 amide bonds. The molecule has 0 spiro atoms. The maximum Gasteiger partial charge on any atom is 0.221 e. The zero-order valence-corrected chi connectivity index (χ0v) is 16.4. The molecule has 0 radical (unpaired) electrons. The highest BCUT2D eigenvalue weighted by molar-refractivity contribution is 5.77. The van der Waals surface area contributed by atoms with Gasteiger partial charge in [-0.1, -0.05) is 19.3 Å². The van der Waals surface area contributed by atoms with Crippen molar-refractivity contribution in [2.75, 3.05) is 14.2 Å². The molecule has 1 unspecified atom stereocenters. The summed E-state index contributed by atoms with van der Waals surface area (Å²) in [5.74, 6) is 2.70. The van der Waals surface area contributed by atoms with E-state index in [0.717, 1.165) is 24.2 Å². The van der Waals surface area contributed by atoms with Crippen molar-refractivity contribution in [3.8, 4) is 11.5 Å². The van der Waals surface area contributed by atoms with Crippen molar-refractivity contribution in [1.82, 2.24) is 14.9 Å². The number of imidazole rings is 1. The third-order valence-electron chi connectivity index (χ3n) is 5.33. The topological polar surface area (TPSA) is 65.4 Å². The number of hydrogen-bond acceptors (Lipinski definition) is 4. The predicted molar refractivity (Wildman–Crippen MR) is 104 cm³/mol. The summed E-state index contributed by atoms with van der Waals surface area (Å²) < 4.78 is 12.7. The Labute approximate surface area is 160 Å². The average molecular weight is 371 g/mol. The highest BCUT2D eigenvalue weighted by Gasteiger charge is 2.24. The Hall–Kier alpha value is -2.50. The van der Waals surface area contributed by atoms with Gasteiger partial charge in [0.05, 0.1) is 14.2 Å². The molecule has 6 heteroatoms. The highest BCUT2D eigenvalue weighted by Crippen LogP contribution is 2.30. The normalized spacial score (nSPS) is 16.0. The van der Waals surface area contributed by atoms with Gasteiger partial charge in [-0.05, 0) is 36.5 Å². The molecule has 6 nitrogen and oxygen atoms in total. The number of methoxy groups -OCH3 is 2. The van der Waals surface area contributed by atoms with Crippen LogP contribution in [0.1, 0.15) is 56.0 Å². The number of carbonyl (C=O) groups is 1. The Morgan fingerprint density at radius 1 is 1.19 bits per heavy atom. The van der Waals surface area contributed by atoms with Crippen LogP contribution < -0.4 is 14.8 Å². The molecule has 27 heavy (non-hydrogen) atoms. The van der Waals surface area contributed by atoms with Crippen molar-refractivity contribution in [2.24, 2.45) is 13.0 Å². The van der Waals surface area contributed by atoms with E-state index in [4.69, 9.17) is 9.47 Å². The standard InChI is InChI=1S/C21H29N3O3/c1-24-10-9-22-21(24)20(16-12-17(26-2)14-18(13-16)27-3)23-19(25)11-15-7-5-4-6-8-15/h9-10,12-15,20H,4-8,11H2,1-3H3,(H,23,25). The number of aromatic nitrogens is 2. The second kappa shape index (κ2) is 8.93. The summed E-state index contributed by atoms with van der Waals surface area (Å²) in [4.78, 5) is 17.3. The van der Waals surface area contributed by atoms with Gasteiger partial charge in [0.15, 0.2) is 0 Å². The lowest BCUT2D eigenvalue weighted by atomic mass is 9.86. The fourth-order valence-corrected chi connectivity index (χ4v) is 3.82. The lowest BCUT2D eigenvalue weighted by Gasteiger charge is -2.24. The van der Waals surface area contributed by atoms with Gasteiger partial charge in [0.1, 0.15) is 23.4 Å². The molecule has 2 aromatic rings. The summed E-state index contributed by atoms with van der Waals surface area (Å²) in [6.45, 7) is 0. The first-order valence-corrected chi connectivity index (χ1v) is 9.60. The highest BCUT2D eigenvalue weighted by atomic mass is 16.5. The first-order chi connectivity index (χ1) is 13.1. The number of hydrogen-bond donors (Lipinski definition) is 1. The van der Waals surface area contributed by atoms with Crippen molar-refractivity contribution in [2.45, 2.75) is 44.6 Å². The Kier molecular flexibility index (Phi) is 6.37. The van der Waals surface area contributed by atoms with E-state index in [1.165, 1.54) is 19.3 Å². The van der Waals surface area contributed by atoms with Gasteiger partial charge >= 0.3 is 0 Å². The van der Waals surface area contributed by atoms with Crippen molar-refractivity contribution >= 4 is 5.91 Å². The molecule has 1 aromatic carbocycles. The van der Waals surface area contributed by atoms with Gasteiger partial charge in [-0.2, -0.15) is 0 Å². The van der Waals surface area contributed by atoms with E-state index in [-0.39, 0.29) is 11.9 Å². The van der Waals surface area contributed by atoms with E-state index in [0.29, 0.717) is 23.8 Å². The van der Waals surface area contributed by atoms with Crippen LogP contribution in [0.3, 0.4) is 0 Å².